The minimum Gasteiger partial charge on any atom is -0.330 e. The van der Waals surface area contributed by atoms with Gasteiger partial charge >= 0.3 is 0 Å². The van der Waals surface area contributed by atoms with Crippen molar-refractivity contribution in [3.05, 3.63) is 23.9 Å². The van der Waals surface area contributed by atoms with E-state index in [9.17, 15) is 0 Å². The first-order valence-electron chi connectivity index (χ1n) is 5.52. The van der Waals surface area contributed by atoms with Crippen molar-refractivity contribution in [2.45, 2.75) is 36.1 Å². The van der Waals surface area contributed by atoms with E-state index in [0.717, 1.165) is 11.6 Å². The molecule has 2 rings (SSSR count). The van der Waals surface area contributed by atoms with E-state index in [1.807, 2.05) is 12.3 Å². The third-order valence-corrected chi connectivity index (χ3v) is 4.20. The Bertz CT molecular complexity index is 332. The zero-order valence-corrected chi connectivity index (χ0v) is 10.0. The molecular formula is C12H18N2S. The second kappa shape index (κ2) is 4.54. The van der Waals surface area contributed by atoms with Crippen LogP contribution in [0.25, 0.3) is 0 Å². The molecular weight excluding hydrogens is 204 g/mol. The molecule has 0 aromatic carbocycles. The smallest absolute Gasteiger partial charge is 0.0995 e. The average molecular weight is 222 g/mol. The van der Waals surface area contributed by atoms with Crippen molar-refractivity contribution in [2.24, 2.45) is 5.73 Å². The highest BCUT2D eigenvalue weighted by Crippen LogP contribution is 2.42. The molecule has 82 valence electrons. The van der Waals surface area contributed by atoms with E-state index in [2.05, 4.69) is 17.3 Å². The Morgan fingerprint density at radius 1 is 1.47 bits per heavy atom. The number of nitrogens with two attached hydrogens (primary N) is 1. The molecule has 15 heavy (non-hydrogen) atoms. The molecule has 1 aromatic rings. The van der Waals surface area contributed by atoms with Crippen LogP contribution in [0.15, 0.2) is 23.4 Å². The summed E-state index contributed by atoms with van der Waals surface area (Å²) < 4.78 is 0. The Balaban J connectivity index is 2.41. The number of nitrogens with zero attached hydrogens (tertiary/aromatic N) is 1. The number of thioether (sulfide) groups is 1. The molecule has 1 aliphatic carbocycles. The highest BCUT2D eigenvalue weighted by Gasteiger charge is 2.36. The Kier molecular flexibility index (Phi) is 3.32. The lowest BCUT2D eigenvalue weighted by Gasteiger charge is -2.29. The summed E-state index contributed by atoms with van der Waals surface area (Å²) in [5.74, 6) is 0. The average Bonchev–Trinajstić information content (AvgIpc) is 2.79. The quantitative estimate of drug-likeness (QED) is 0.799. The van der Waals surface area contributed by atoms with Crippen LogP contribution in [0.1, 0.15) is 31.2 Å². The summed E-state index contributed by atoms with van der Waals surface area (Å²) in [5, 5.41) is 1.16. The zero-order valence-electron chi connectivity index (χ0n) is 9.20. The lowest BCUT2D eigenvalue weighted by Crippen LogP contribution is -2.32. The van der Waals surface area contributed by atoms with Crippen molar-refractivity contribution >= 4 is 11.8 Å². The fourth-order valence-corrected chi connectivity index (χ4v) is 3.26. The minimum absolute atomic E-state index is 0.215. The standard InChI is InChI=1S/C12H18N2S/c1-15-11-10(5-4-8-14-11)12(9-13)6-2-3-7-12/h4-5,8H,2-3,6-7,9,13H2,1H3. The normalized spacial score (nSPS) is 19.3. The summed E-state index contributed by atoms with van der Waals surface area (Å²) >= 11 is 1.73. The Morgan fingerprint density at radius 3 is 2.80 bits per heavy atom. The molecule has 0 aliphatic heterocycles. The maximum Gasteiger partial charge on any atom is 0.0995 e. The van der Waals surface area contributed by atoms with Crippen molar-refractivity contribution in [1.82, 2.24) is 4.98 Å². The number of hydrogen-bond donors (Lipinski definition) is 1. The number of rotatable bonds is 3. The summed E-state index contributed by atoms with van der Waals surface area (Å²) in [7, 11) is 0. The first-order chi connectivity index (χ1) is 7.32. The Hall–Kier alpha value is -0.540. The van der Waals surface area contributed by atoms with Crippen LogP contribution in [-0.2, 0) is 5.41 Å². The lowest BCUT2D eigenvalue weighted by molar-refractivity contribution is 0.442. The van der Waals surface area contributed by atoms with Crippen LogP contribution in [-0.4, -0.2) is 17.8 Å². The molecule has 2 N–H and O–H groups in total. The molecule has 1 aliphatic rings. The van der Waals surface area contributed by atoms with Crippen LogP contribution in [0.3, 0.4) is 0 Å². The third-order valence-electron chi connectivity index (χ3n) is 3.49. The highest BCUT2D eigenvalue weighted by molar-refractivity contribution is 7.98. The number of pyridine rings is 1. The highest BCUT2D eigenvalue weighted by atomic mass is 32.2. The summed E-state index contributed by atoms with van der Waals surface area (Å²) in [4.78, 5) is 4.44. The van der Waals surface area contributed by atoms with Gasteiger partial charge in [-0.05, 0) is 30.7 Å². The first kappa shape index (κ1) is 11.0. The lowest BCUT2D eigenvalue weighted by atomic mass is 9.80. The Labute approximate surface area is 95.7 Å². The monoisotopic (exact) mass is 222 g/mol. The van der Waals surface area contributed by atoms with Gasteiger partial charge < -0.3 is 5.73 Å². The van der Waals surface area contributed by atoms with Gasteiger partial charge in [0.05, 0.1) is 5.03 Å². The van der Waals surface area contributed by atoms with Crippen LogP contribution in [0.4, 0.5) is 0 Å². The van der Waals surface area contributed by atoms with Gasteiger partial charge in [0.1, 0.15) is 0 Å². The Morgan fingerprint density at radius 2 is 2.20 bits per heavy atom. The van der Waals surface area contributed by atoms with Gasteiger partial charge in [-0.15, -0.1) is 11.8 Å². The van der Waals surface area contributed by atoms with Gasteiger partial charge in [0.15, 0.2) is 0 Å². The van der Waals surface area contributed by atoms with Crippen LogP contribution in [0.2, 0.25) is 0 Å². The van der Waals surface area contributed by atoms with E-state index < -0.39 is 0 Å². The fraction of sp³-hybridized carbons (Fsp3) is 0.583. The maximum atomic E-state index is 5.99. The molecule has 0 amide bonds. The van der Waals surface area contributed by atoms with E-state index in [0.29, 0.717) is 0 Å². The molecule has 0 atom stereocenters. The van der Waals surface area contributed by atoms with Crippen LogP contribution >= 0.6 is 11.8 Å². The van der Waals surface area contributed by atoms with Crippen molar-refractivity contribution in [3.8, 4) is 0 Å². The van der Waals surface area contributed by atoms with E-state index >= 15 is 0 Å². The molecule has 1 fully saturated rings. The molecule has 0 saturated heterocycles. The summed E-state index contributed by atoms with van der Waals surface area (Å²) in [6, 6.07) is 4.24. The van der Waals surface area contributed by atoms with Crippen LogP contribution < -0.4 is 5.73 Å². The second-order valence-electron chi connectivity index (χ2n) is 4.25. The molecule has 1 aromatic heterocycles. The summed E-state index contributed by atoms with van der Waals surface area (Å²) in [5.41, 5.74) is 7.57. The van der Waals surface area contributed by atoms with Crippen molar-refractivity contribution in [3.63, 3.8) is 0 Å². The van der Waals surface area contributed by atoms with Crippen molar-refractivity contribution in [1.29, 1.82) is 0 Å². The van der Waals surface area contributed by atoms with Gasteiger partial charge in [-0.1, -0.05) is 18.9 Å². The van der Waals surface area contributed by atoms with Gasteiger partial charge in [0, 0.05) is 18.2 Å². The third kappa shape index (κ3) is 1.91. The predicted molar refractivity (Wildman–Crippen MR) is 65.2 cm³/mol. The largest absolute Gasteiger partial charge is 0.330 e. The van der Waals surface area contributed by atoms with Gasteiger partial charge in [0.2, 0.25) is 0 Å². The minimum atomic E-state index is 0.215. The second-order valence-corrected chi connectivity index (χ2v) is 5.05. The zero-order chi connectivity index (χ0) is 10.7. The molecule has 3 heteroatoms. The van der Waals surface area contributed by atoms with Crippen molar-refractivity contribution < 1.29 is 0 Å². The molecule has 1 heterocycles. The molecule has 1 saturated carbocycles. The molecule has 0 spiro atoms. The van der Waals surface area contributed by atoms with E-state index in [1.54, 1.807) is 11.8 Å². The molecule has 0 radical (unpaired) electrons. The van der Waals surface area contributed by atoms with E-state index in [4.69, 9.17) is 5.73 Å². The summed E-state index contributed by atoms with van der Waals surface area (Å²) in [6.07, 6.45) is 9.02. The number of aromatic nitrogens is 1. The fourth-order valence-electron chi connectivity index (χ4n) is 2.59. The van der Waals surface area contributed by atoms with Gasteiger partial charge in [-0.3, -0.25) is 0 Å². The topological polar surface area (TPSA) is 38.9 Å². The molecule has 2 nitrogen and oxygen atoms in total. The SMILES string of the molecule is CSc1ncccc1C1(CN)CCCC1. The van der Waals surface area contributed by atoms with E-state index in [1.165, 1.54) is 31.2 Å². The first-order valence-corrected chi connectivity index (χ1v) is 6.74. The van der Waals surface area contributed by atoms with Gasteiger partial charge in [0.25, 0.3) is 0 Å². The molecule has 0 unspecified atom stereocenters. The van der Waals surface area contributed by atoms with Crippen LogP contribution in [0.5, 0.6) is 0 Å². The summed E-state index contributed by atoms with van der Waals surface area (Å²) in [6.45, 7) is 0.756. The number of hydrogen-bond acceptors (Lipinski definition) is 3. The van der Waals surface area contributed by atoms with Crippen LogP contribution in [0, 0.1) is 0 Å². The van der Waals surface area contributed by atoms with Gasteiger partial charge in [-0.25, -0.2) is 4.98 Å². The van der Waals surface area contributed by atoms with E-state index in [-0.39, 0.29) is 5.41 Å². The maximum absolute atomic E-state index is 5.99. The van der Waals surface area contributed by atoms with Crippen molar-refractivity contribution in [2.75, 3.05) is 12.8 Å². The van der Waals surface area contributed by atoms with Gasteiger partial charge in [-0.2, -0.15) is 0 Å². The molecule has 0 bridgehead atoms. The predicted octanol–water partition coefficient (Wildman–Crippen LogP) is 2.57.